The number of Topliss-reactive ketones (excluding diaryl/α,β-unsaturated/α-hetero) is 1. The molecule has 1 saturated heterocycles. The first-order chi connectivity index (χ1) is 18.0. The number of nitrogens with zero attached hydrogens (tertiary/aromatic N) is 1. The second kappa shape index (κ2) is 7.17. The summed E-state index contributed by atoms with van der Waals surface area (Å²) in [5.41, 5.74) is 8.74. The monoisotopic (exact) mass is 498 g/mol. The number of carbonyl (C=O) groups is 1. The SMILES string of the molecule is COc1ccc2c3c1O[C@H]1[C@@]4(OC)C=C[C@@]5(C[C@@H]4C(=O)c4ccc(N)cc4)[C@@H](C2)N(CC2CC2)CC[C@]315. The van der Waals surface area contributed by atoms with Crippen molar-refractivity contribution in [2.75, 3.05) is 33.0 Å². The third-order valence-corrected chi connectivity index (χ3v) is 10.8. The molecule has 6 atom stereocenters. The van der Waals surface area contributed by atoms with Gasteiger partial charge in [0.2, 0.25) is 0 Å². The number of ether oxygens (including phenoxy) is 3. The molecule has 2 heterocycles. The molecular weight excluding hydrogens is 464 g/mol. The maximum atomic E-state index is 14.3. The van der Waals surface area contributed by atoms with Crippen LogP contribution in [-0.2, 0) is 16.6 Å². The van der Waals surface area contributed by atoms with Crippen LogP contribution in [0.1, 0.15) is 47.2 Å². The number of piperidine rings is 1. The lowest BCUT2D eigenvalue weighted by Crippen LogP contribution is -2.79. The molecule has 2 N–H and O–H groups in total. The number of fused-ring (bicyclic) bond motifs is 1. The Morgan fingerprint density at radius 2 is 1.95 bits per heavy atom. The molecule has 37 heavy (non-hydrogen) atoms. The quantitative estimate of drug-likeness (QED) is 0.366. The summed E-state index contributed by atoms with van der Waals surface area (Å²) in [5, 5.41) is 0. The maximum Gasteiger partial charge on any atom is 0.169 e. The third kappa shape index (κ3) is 2.52. The lowest BCUT2D eigenvalue weighted by molar-refractivity contribution is -0.206. The molecule has 9 rings (SSSR count). The van der Waals surface area contributed by atoms with E-state index in [9.17, 15) is 4.79 Å². The highest BCUT2D eigenvalue weighted by atomic mass is 16.6. The van der Waals surface area contributed by atoms with Crippen molar-refractivity contribution in [2.24, 2.45) is 17.3 Å². The number of rotatable bonds is 6. The number of methoxy groups -OCH3 is 2. The molecule has 0 radical (unpaired) electrons. The average molecular weight is 499 g/mol. The van der Waals surface area contributed by atoms with Gasteiger partial charge in [0.25, 0.3) is 0 Å². The van der Waals surface area contributed by atoms with E-state index in [0.29, 0.717) is 17.3 Å². The molecule has 2 aromatic rings. The standard InChI is InChI=1S/C31H34N2O4/c1-35-23-10-7-20-15-24-29-11-12-31(36-2,22(16-29)26(34)19-5-8-21(32)9-6-19)28-30(29,25(20)27(23)37-28)13-14-33(24)17-18-3-4-18/h5-12,18,22,24,28H,3-4,13-17,32H2,1-2H3/t22-,24-,28-,29-,30+,31-/m1/s1. The summed E-state index contributed by atoms with van der Waals surface area (Å²) in [7, 11) is 3.46. The minimum absolute atomic E-state index is 0.115. The summed E-state index contributed by atoms with van der Waals surface area (Å²) < 4.78 is 19.3. The van der Waals surface area contributed by atoms with Gasteiger partial charge in [0.05, 0.1) is 18.4 Å². The lowest BCUT2D eigenvalue weighted by atomic mass is 9.36. The van der Waals surface area contributed by atoms with Crippen LogP contribution in [0.15, 0.2) is 48.6 Å². The van der Waals surface area contributed by atoms with Crippen molar-refractivity contribution in [2.45, 2.75) is 55.3 Å². The molecule has 0 unspecified atom stereocenters. The van der Waals surface area contributed by atoms with Crippen LogP contribution in [0.2, 0.25) is 0 Å². The lowest BCUT2D eigenvalue weighted by Gasteiger charge is -2.71. The Bertz CT molecular complexity index is 1350. The van der Waals surface area contributed by atoms with Crippen molar-refractivity contribution in [3.8, 4) is 11.5 Å². The number of hydrogen-bond acceptors (Lipinski definition) is 6. The molecule has 5 aliphatic carbocycles. The first-order valence-electron chi connectivity index (χ1n) is 13.7. The number of hydrogen-bond donors (Lipinski definition) is 1. The molecule has 6 heteroatoms. The summed E-state index contributed by atoms with van der Waals surface area (Å²) in [6.45, 7) is 2.22. The summed E-state index contributed by atoms with van der Waals surface area (Å²) >= 11 is 0. The van der Waals surface area contributed by atoms with Crippen LogP contribution in [0.5, 0.6) is 11.5 Å². The summed E-state index contributed by atoms with van der Waals surface area (Å²) in [6, 6.07) is 12.0. The molecule has 2 spiro atoms. The largest absolute Gasteiger partial charge is 0.493 e. The summed E-state index contributed by atoms with van der Waals surface area (Å²) in [4.78, 5) is 17.0. The minimum Gasteiger partial charge on any atom is -0.493 e. The zero-order chi connectivity index (χ0) is 25.2. The van der Waals surface area contributed by atoms with Crippen molar-refractivity contribution in [1.82, 2.24) is 4.90 Å². The van der Waals surface area contributed by atoms with Crippen molar-refractivity contribution in [1.29, 1.82) is 0 Å². The van der Waals surface area contributed by atoms with Crippen LogP contribution >= 0.6 is 0 Å². The first-order valence-corrected chi connectivity index (χ1v) is 13.7. The second-order valence-electron chi connectivity index (χ2n) is 12.2. The summed E-state index contributed by atoms with van der Waals surface area (Å²) in [5.74, 6) is 2.24. The molecule has 2 aromatic carbocycles. The Hall–Kier alpha value is -2.83. The van der Waals surface area contributed by atoms with Gasteiger partial charge in [-0.1, -0.05) is 18.2 Å². The van der Waals surface area contributed by atoms with Crippen LogP contribution in [-0.4, -0.2) is 55.7 Å². The number of benzene rings is 2. The second-order valence-corrected chi connectivity index (χ2v) is 12.2. The fourth-order valence-electron chi connectivity index (χ4n) is 9.07. The van der Waals surface area contributed by atoms with Crippen molar-refractivity contribution in [3.63, 3.8) is 0 Å². The molecule has 2 saturated carbocycles. The van der Waals surface area contributed by atoms with Gasteiger partial charge in [-0.3, -0.25) is 9.69 Å². The van der Waals surface area contributed by atoms with E-state index in [-0.39, 0.29) is 28.6 Å². The van der Waals surface area contributed by atoms with Gasteiger partial charge >= 0.3 is 0 Å². The van der Waals surface area contributed by atoms with Crippen LogP contribution in [0.25, 0.3) is 0 Å². The van der Waals surface area contributed by atoms with E-state index in [1.807, 2.05) is 24.3 Å². The van der Waals surface area contributed by atoms with Crippen molar-refractivity contribution < 1.29 is 19.0 Å². The number of carbonyl (C=O) groups excluding carboxylic acids is 1. The van der Waals surface area contributed by atoms with Gasteiger partial charge in [0.15, 0.2) is 17.3 Å². The highest BCUT2D eigenvalue weighted by molar-refractivity contribution is 6.00. The molecule has 0 amide bonds. The zero-order valence-electron chi connectivity index (χ0n) is 21.5. The highest BCUT2D eigenvalue weighted by Gasteiger charge is 2.80. The molecular formula is C31H34N2O4. The first kappa shape index (κ1) is 22.2. The molecule has 4 bridgehead atoms. The van der Waals surface area contributed by atoms with E-state index in [4.69, 9.17) is 19.9 Å². The number of likely N-dealkylation sites (tertiary alicyclic amines) is 1. The van der Waals surface area contributed by atoms with E-state index in [2.05, 4.69) is 29.2 Å². The van der Waals surface area contributed by atoms with Crippen molar-refractivity contribution >= 4 is 11.5 Å². The number of nitrogen functional groups attached to an aromatic ring is 1. The third-order valence-electron chi connectivity index (χ3n) is 10.8. The van der Waals surface area contributed by atoms with Gasteiger partial charge in [0, 0.05) is 41.9 Å². The molecule has 2 aliphatic heterocycles. The van der Waals surface area contributed by atoms with Gasteiger partial charge in [-0.2, -0.15) is 0 Å². The van der Waals surface area contributed by atoms with Crippen LogP contribution in [0.3, 0.4) is 0 Å². The average Bonchev–Trinajstić information content (AvgIpc) is 3.67. The van der Waals surface area contributed by atoms with Crippen LogP contribution < -0.4 is 15.2 Å². The van der Waals surface area contributed by atoms with Crippen LogP contribution in [0, 0.1) is 17.3 Å². The number of ketones is 1. The highest BCUT2D eigenvalue weighted by Crippen LogP contribution is 2.75. The van der Waals surface area contributed by atoms with Gasteiger partial charge in [-0.15, -0.1) is 0 Å². The van der Waals surface area contributed by atoms with Gasteiger partial charge in [-0.05, 0) is 80.5 Å². The fraction of sp³-hybridized carbons (Fsp3) is 0.516. The van der Waals surface area contributed by atoms with E-state index in [1.54, 1.807) is 14.2 Å². The Labute approximate surface area is 217 Å². The predicted octanol–water partition coefficient (Wildman–Crippen LogP) is 4.16. The molecule has 0 aromatic heterocycles. The van der Waals surface area contributed by atoms with Gasteiger partial charge in [0.1, 0.15) is 11.7 Å². The topological polar surface area (TPSA) is 74.0 Å². The normalized spacial score (nSPS) is 38.3. The van der Waals surface area contributed by atoms with E-state index < -0.39 is 5.60 Å². The Kier molecular flexibility index (Phi) is 4.30. The van der Waals surface area contributed by atoms with E-state index in [0.717, 1.165) is 49.8 Å². The minimum atomic E-state index is -0.845. The van der Waals surface area contributed by atoms with E-state index >= 15 is 0 Å². The van der Waals surface area contributed by atoms with E-state index in [1.165, 1.54) is 24.0 Å². The summed E-state index contributed by atoms with van der Waals surface area (Å²) in [6.07, 6.45) is 9.80. The molecule has 7 aliphatic rings. The van der Waals surface area contributed by atoms with Gasteiger partial charge in [-0.25, -0.2) is 0 Å². The Morgan fingerprint density at radius 3 is 2.68 bits per heavy atom. The zero-order valence-corrected chi connectivity index (χ0v) is 21.5. The Balaban J connectivity index is 1.35. The van der Waals surface area contributed by atoms with Crippen LogP contribution in [0.4, 0.5) is 5.69 Å². The predicted molar refractivity (Wildman–Crippen MR) is 140 cm³/mol. The van der Waals surface area contributed by atoms with Gasteiger partial charge < -0.3 is 19.9 Å². The fourth-order valence-corrected chi connectivity index (χ4v) is 9.07. The Morgan fingerprint density at radius 1 is 1.14 bits per heavy atom. The molecule has 192 valence electrons. The number of nitrogens with two attached hydrogens (primary N) is 1. The molecule has 3 fully saturated rings. The molecule has 6 nitrogen and oxygen atoms in total. The number of anilines is 1. The van der Waals surface area contributed by atoms with Crippen molar-refractivity contribution in [3.05, 3.63) is 65.2 Å². The maximum absolute atomic E-state index is 14.3. The smallest absolute Gasteiger partial charge is 0.169 e.